The molecule has 0 atom stereocenters. The van der Waals surface area contributed by atoms with Gasteiger partial charge in [0.05, 0.1) is 10.6 Å². The maximum atomic E-state index is 14.0. The lowest BCUT2D eigenvalue weighted by molar-refractivity contribution is -0.113. The SMILES string of the molecule is C=CCOc1ccc(C=C2SC(N3CCN(c4ccccc4F)CC3)=NC2=O)cc1. The van der Waals surface area contributed by atoms with E-state index in [0.29, 0.717) is 48.5 Å². The fraction of sp³-hybridized carbons (Fsp3) is 0.217. The Labute approximate surface area is 179 Å². The highest BCUT2D eigenvalue weighted by molar-refractivity contribution is 8.18. The number of hydrogen-bond donors (Lipinski definition) is 0. The normalized spacial score (nSPS) is 18.0. The number of anilines is 1. The van der Waals surface area contributed by atoms with Gasteiger partial charge in [-0.15, -0.1) is 0 Å². The molecule has 0 unspecified atom stereocenters. The van der Waals surface area contributed by atoms with Gasteiger partial charge in [-0.2, -0.15) is 4.99 Å². The summed E-state index contributed by atoms with van der Waals surface area (Å²) >= 11 is 1.39. The molecule has 0 N–H and O–H groups in total. The minimum absolute atomic E-state index is 0.208. The number of para-hydroxylation sites is 1. The number of amidine groups is 1. The molecule has 5 nitrogen and oxygen atoms in total. The van der Waals surface area contributed by atoms with Crippen molar-refractivity contribution in [3.05, 3.63) is 77.5 Å². The standard InChI is InChI=1S/C23H22FN3O2S/c1-2-15-29-18-9-7-17(8-10-18)16-21-22(28)25-23(30-21)27-13-11-26(12-14-27)20-6-4-3-5-19(20)24/h2-10,16H,1,11-15H2. The van der Waals surface area contributed by atoms with Crippen molar-refractivity contribution in [1.29, 1.82) is 0 Å². The molecule has 1 saturated heterocycles. The summed E-state index contributed by atoms with van der Waals surface area (Å²) in [6.07, 6.45) is 3.54. The third kappa shape index (κ3) is 4.57. The van der Waals surface area contributed by atoms with E-state index in [0.717, 1.165) is 11.3 Å². The summed E-state index contributed by atoms with van der Waals surface area (Å²) in [7, 11) is 0. The van der Waals surface area contributed by atoms with Crippen molar-refractivity contribution in [3.63, 3.8) is 0 Å². The van der Waals surface area contributed by atoms with Gasteiger partial charge < -0.3 is 14.5 Å². The smallest absolute Gasteiger partial charge is 0.286 e. The van der Waals surface area contributed by atoms with E-state index < -0.39 is 0 Å². The number of thioether (sulfide) groups is 1. The van der Waals surface area contributed by atoms with E-state index in [4.69, 9.17) is 4.74 Å². The van der Waals surface area contributed by atoms with Crippen molar-refractivity contribution >= 4 is 34.6 Å². The summed E-state index contributed by atoms with van der Waals surface area (Å²) in [5.41, 5.74) is 1.54. The first kappa shape index (κ1) is 20.2. The highest BCUT2D eigenvalue weighted by atomic mass is 32.2. The minimum atomic E-state index is -0.224. The van der Waals surface area contributed by atoms with Crippen LogP contribution in [0.4, 0.5) is 10.1 Å². The molecule has 1 fully saturated rings. The number of ether oxygens (including phenoxy) is 1. The van der Waals surface area contributed by atoms with Gasteiger partial charge >= 0.3 is 0 Å². The summed E-state index contributed by atoms with van der Waals surface area (Å²) in [6, 6.07) is 14.4. The Hall–Kier alpha value is -3.06. The minimum Gasteiger partial charge on any atom is -0.490 e. The first-order valence-electron chi connectivity index (χ1n) is 9.75. The van der Waals surface area contributed by atoms with Crippen molar-refractivity contribution in [2.24, 2.45) is 4.99 Å². The zero-order valence-corrected chi connectivity index (χ0v) is 17.3. The van der Waals surface area contributed by atoms with Crippen molar-refractivity contribution in [3.8, 4) is 5.75 Å². The lowest BCUT2D eigenvalue weighted by Crippen LogP contribution is -2.48. The van der Waals surface area contributed by atoms with E-state index in [1.54, 1.807) is 18.2 Å². The van der Waals surface area contributed by atoms with E-state index in [-0.39, 0.29) is 11.7 Å². The van der Waals surface area contributed by atoms with Crippen LogP contribution in [0.3, 0.4) is 0 Å². The molecule has 2 aliphatic heterocycles. The summed E-state index contributed by atoms with van der Waals surface area (Å²) in [4.78, 5) is 21.3. The van der Waals surface area contributed by atoms with Crippen molar-refractivity contribution in [2.45, 2.75) is 0 Å². The average molecular weight is 424 g/mol. The molecule has 2 aromatic carbocycles. The number of nitrogens with zero attached hydrogens (tertiary/aromatic N) is 3. The van der Waals surface area contributed by atoms with Gasteiger partial charge in [-0.1, -0.05) is 36.9 Å². The van der Waals surface area contributed by atoms with Gasteiger partial charge in [-0.05, 0) is 47.7 Å². The molecule has 4 rings (SSSR count). The first-order valence-corrected chi connectivity index (χ1v) is 10.6. The van der Waals surface area contributed by atoms with Gasteiger partial charge in [0, 0.05) is 26.2 Å². The predicted molar refractivity (Wildman–Crippen MR) is 120 cm³/mol. The van der Waals surface area contributed by atoms with Crippen LogP contribution in [0, 0.1) is 5.82 Å². The summed E-state index contributed by atoms with van der Waals surface area (Å²) in [5.74, 6) is 0.325. The van der Waals surface area contributed by atoms with Crippen LogP contribution in [0.2, 0.25) is 0 Å². The third-order valence-electron chi connectivity index (χ3n) is 4.90. The highest BCUT2D eigenvalue weighted by Gasteiger charge is 2.29. The summed E-state index contributed by atoms with van der Waals surface area (Å²) in [6.45, 7) is 6.82. The maximum absolute atomic E-state index is 14.0. The summed E-state index contributed by atoms with van der Waals surface area (Å²) < 4.78 is 19.5. The number of carbonyl (C=O) groups is 1. The predicted octanol–water partition coefficient (Wildman–Crippen LogP) is 4.18. The van der Waals surface area contributed by atoms with Crippen LogP contribution in [0.15, 0.2) is 71.1 Å². The number of piperazine rings is 1. The lowest BCUT2D eigenvalue weighted by Gasteiger charge is -2.36. The molecule has 0 spiro atoms. The van der Waals surface area contributed by atoms with Crippen molar-refractivity contribution in [1.82, 2.24) is 4.90 Å². The van der Waals surface area contributed by atoms with Gasteiger partial charge in [-0.25, -0.2) is 4.39 Å². The van der Waals surface area contributed by atoms with Crippen LogP contribution >= 0.6 is 11.8 Å². The molecule has 2 aliphatic rings. The lowest BCUT2D eigenvalue weighted by atomic mass is 10.2. The molecule has 2 heterocycles. The first-order chi connectivity index (χ1) is 14.6. The largest absolute Gasteiger partial charge is 0.490 e. The molecule has 0 aromatic heterocycles. The summed E-state index contributed by atoms with van der Waals surface area (Å²) in [5, 5.41) is 0.713. The molecule has 0 aliphatic carbocycles. The topological polar surface area (TPSA) is 45.1 Å². The monoisotopic (exact) mass is 423 g/mol. The Kier molecular flexibility index (Phi) is 6.18. The number of carbonyl (C=O) groups excluding carboxylic acids is 1. The van der Waals surface area contributed by atoms with E-state index >= 15 is 0 Å². The Bertz CT molecular complexity index is 996. The Balaban J connectivity index is 1.37. The molecular formula is C23H22FN3O2S. The van der Waals surface area contributed by atoms with Crippen LogP contribution in [0.25, 0.3) is 6.08 Å². The molecule has 1 amide bonds. The molecule has 0 bridgehead atoms. The fourth-order valence-electron chi connectivity index (χ4n) is 3.35. The molecule has 2 aromatic rings. The number of hydrogen-bond acceptors (Lipinski definition) is 5. The Morgan fingerprint density at radius 3 is 2.47 bits per heavy atom. The number of rotatable bonds is 5. The molecule has 154 valence electrons. The van der Waals surface area contributed by atoms with Gasteiger partial charge in [0.25, 0.3) is 5.91 Å². The van der Waals surface area contributed by atoms with Crippen LogP contribution in [-0.2, 0) is 4.79 Å². The molecular weight excluding hydrogens is 401 g/mol. The second-order valence-electron chi connectivity index (χ2n) is 6.90. The average Bonchev–Trinajstić information content (AvgIpc) is 3.14. The molecule has 0 saturated carbocycles. The number of halogens is 1. The molecule has 0 radical (unpaired) electrons. The van der Waals surface area contributed by atoms with Crippen molar-refractivity contribution in [2.75, 3.05) is 37.7 Å². The van der Waals surface area contributed by atoms with E-state index in [1.165, 1.54) is 17.8 Å². The van der Waals surface area contributed by atoms with Crippen molar-refractivity contribution < 1.29 is 13.9 Å². The number of amides is 1. The second-order valence-corrected chi connectivity index (χ2v) is 7.91. The molecule has 30 heavy (non-hydrogen) atoms. The zero-order chi connectivity index (χ0) is 20.9. The quantitative estimate of drug-likeness (QED) is 0.533. The van der Waals surface area contributed by atoms with Crippen LogP contribution in [0.1, 0.15) is 5.56 Å². The number of benzene rings is 2. The van der Waals surface area contributed by atoms with Gasteiger partial charge in [-0.3, -0.25) is 4.79 Å². The fourth-order valence-corrected chi connectivity index (χ4v) is 4.31. The van der Waals surface area contributed by atoms with Gasteiger partial charge in [0.1, 0.15) is 18.2 Å². The second kappa shape index (κ2) is 9.17. The third-order valence-corrected chi connectivity index (χ3v) is 5.94. The van der Waals surface area contributed by atoms with Gasteiger partial charge in [0.15, 0.2) is 5.17 Å². The molecule has 7 heteroatoms. The van der Waals surface area contributed by atoms with E-state index in [2.05, 4.69) is 16.5 Å². The Morgan fingerprint density at radius 2 is 1.77 bits per heavy atom. The van der Waals surface area contributed by atoms with Crippen LogP contribution in [-0.4, -0.2) is 48.8 Å². The Morgan fingerprint density at radius 1 is 1.07 bits per heavy atom. The highest BCUT2D eigenvalue weighted by Crippen LogP contribution is 2.31. The van der Waals surface area contributed by atoms with E-state index in [9.17, 15) is 9.18 Å². The zero-order valence-electron chi connectivity index (χ0n) is 16.5. The van der Waals surface area contributed by atoms with Crippen LogP contribution < -0.4 is 9.64 Å². The van der Waals surface area contributed by atoms with E-state index in [1.807, 2.05) is 41.3 Å². The van der Waals surface area contributed by atoms with Gasteiger partial charge in [0.2, 0.25) is 0 Å². The van der Waals surface area contributed by atoms with Crippen LogP contribution in [0.5, 0.6) is 5.75 Å². The maximum Gasteiger partial charge on any atom is 0.286 e. The number of aliphatic imine (C=N–C) groups is 1.